The molecule has 0 aliphatic heterocycles. The first kappa shape index (κ1) is 13.4. The van der Waals surface area contributed by atoms with Gasteiger partial charge in [-0.25, -0.2) is 0 Å². The second-order valence-corrected chi connectivity index (χ2v) is 5.77. The lowest BCUT2D eigenvalue weighted by atomic mass is 9.86. The van der Waals surface area contributed by atoms with Crippen molar-refractivity contribution < 1.29 is 0 Å². The Labute approximate surface area is 118 Å². The van der Waals surface area contributed by atoms with Crippen LogP contribution in [0.5, 0.6) is 0 Å². The zero-order chi connectivity index (χ0) is 12.8. The van der Waals surface area contributed by atoms with Gasteiger partial charge >= 0.3 is 0 Å². The van der Waals surface area contributed by atoms with Gasteiger partial charge in [-0.1, -0.05) is 60.7 Å². The summed E-state index contributed by atoms with van der Waals surface area (Å²) in [5.41, 5.74) is 2.60. The molecule has 2 aromatic rings. The molecular weight excluding hydrogens is 252 g/mol. The summed E-state index contributed by atoms with van der Waals surface area (Å²) < 4.78 is 0. The Morgan fingerprint density at radius 2 is 1.28 bits per heavy atom. The van der Waals surface area contributed by atoms with E-state index in [2.05, 4.69) is 83.5 Å². The molecule has 0 saturated carbocycles. The number of hydrogen-bond donors (Lipinski definition) is 1. The van der Waals surface area contributed by atoms with Crippen molar-refractivity contribution in [2.24, 2.45) is 0 Å². The minimum absolute atomic E-state index is 0.106. The molecule has 2 heteroatoms. The minimum Gasteiger partial charge on any atom is -0.179 e. The highest BCUT2D eigenvalue weighted by molar-refractivity contribution is 7.80. The van der Waals surface area contributed by atoms with Crippen molar-refractivity contribution in [3.05, 3.63) is 71.8 Å². The molecule has 0 saturated heterocycles. The molecule has 0 fully saturated rings. The highest BCUT2D eigenvalue weighted by Gasteiger charge is 2.27. The third kappa shape index (κ3) is 2.87. The summed E-state index contributed by atoms with van der Waals surface area (Å²) in [5, 5.41) is -0.106. The van der Waals surface area contributed by atoms with Crippen molar-refractivity contribution in [3.8, 4) is 0 Å². The topological polar surface area (TPSA) is 0 Å². The zero-order valence-corrected chi connectivity index (χ0v) is 12.2. The molecule has 0 aliphatic rings. The molecule has 0 aromatic heterocycles. The van der Waals surface area contributed by atoms with Gasteiger partial charge in [0.2, 0.25) is 0 Å². The normalized spacial score (nSPS) is 11.4. The fraction of sp³-hybridized carbons (Fsp3) is 0.250. The zero-order valence-electron chi connectivity index (χ0n) is 10.3. The molecule has 3 radical (unpaired) electrons. The molecule has 0 amide bonds. The predicted octanol–water partition coefficient (Wildman–Crippen LogP) is 3.81. The van der Waals surface area contributed by atoms with Crippen molar-refractivity contribution >= 4 is 22.9 Å². The van der Waals surface area contributed by atoms with Crippen LogP contribution in [0.4, 0.5) is 0 Å². The molecule has 91 valence electrons. The summed E-state index contributed by atoms with van der Waals surface area (Å²) >= 11 is 4.34. The van der Waals surface area contributed by atoms with Crippen molar-refractivity contribution in [2.45, 2.75) is 17.9 Å². The SMILES string of the molecule is [Si]C(CCCS)(c1ccccc1)c1ccccc1. The van der Waals surface area contributed by atoms with Gasteiger partial charge in [0.05, 0.1) is 0 Å². The minimum atomic E-state index is -0.106. The molecule has 0 N–H and O–H groups in total. The largest absolute Gasteiger partial charge is 0.179 e. The van der Waals surface area contributed by atoms with Crippen LogP contribution < -0.4 is 0 Å². The Morgan fingerprint density at radius 3 is 1.67 bits per heavy atom. The molecule has 0 bridgehead atoms. The lowest BCUT2D eigenvalue weighted by molar-refractivity contribution is 0.637. The van der Waals surface area contributed by atoms with Gasteiger partial charge in [0.1, 0.15) is 0 Å². The van der Waals surface area contributed by atoms with E-state index in [1.165, 1.54) is 11.1 Å². The van der Waals surface area contributed by atoms with Gasteiger partial charge in [-0.3, -0.25) is 0 Å². The molecular formula is C16H17SSi. The molecule has 0 aliphatic carbocycles. The Bertz CT molecular complexity index is 427. The fourth-order valence-electron chi connectivity index (χ4n) is 2.24. The summed E-state index contributed by atoms with van der Waals surface area (Å²) in [5.74, 6) is 0.909. The fourth-order valence-corrected chi connectivity index (χ4v) is 2.91. The number of benzene rings is 2. The summed E-state index contributed by atoms with van der Waals surface area (Å²) in [6.45, 7) is 0. The van der Waals surface area contributed by atoms with E-state index in [9.17, 15) is 0 Å². The van der Waals surface area contributed by atoms with Crippen LogP contribution in [0.2, 0.25) is 0 Å². The maximum absolute atomic E-state index is 4.34. The number of rotatable bonds is 5. The average Bonchev–Trinajstić information content (AvgIpc) is 2.46. The maximum Gasteiger partial charge on any atom is 0.0444 e. The van der Waals surface area contributed by atoms with Crippen LogP contribution in [-0.4, -0.2) is 16.0 Å². The van der Waals surface area contributed by atoms with Crippen LogP contribution in [-0.2, 0) is 5.04 Å². The monoisotopic (exact) mass is 269 g/mol. The van der Waals surface area contributed by atoms with Gasteiger partial charge in [0.15, 0.2) is 0 Å². The van der Waals surface area contributed by atoms with Crippen LogP contribution in [0.3, 0.4) is 0 Å². The average molecular weight is 269 g/mol. The summed E-state index contributed by atoms with van der Waals surface area (Å²) in [4.78, 5) is 0. The highest BCUT2D eigenvalue weighted by atomic mass is 32.1. The van der Waals surface area contributed by atoms with E-state index in [1.54, 1.807) is 0 Å². The molecule has 0 nitrogen and oxygen atoms in total. The van der Waals surface area contributed by atoms with E-state index >= 15 is 0 Å². The van der Waals surface area contributed by atoms with Gasteiger partial charge < -0.3 is 0 Å². The number of thiol groups is 1. The van der Waals surface area contributed by atoms with Crippen LogP contribution in [0.15, 0.2) is 60.7 Å². The van der Waals surface area contributed by atoms with Crippen LogP contribution in [0.25, 0.3) is 0 Å². The molecule has 0 spiro atoms. The van der Waals surface area contributed by atoms with E-state index in [-0.39, 0.29) is 5.04 Å². The maximum atomic E-state index is 4.34. The quantitative estimate of drug-likeness (QED) is 0.619. The Hall–Kier alpha value is -0.993. The molecule has 0 unspecified atom stereocenters. The first-order chi connectivity index (χ1) is 8.77. The Kier molecular flexibility index (Phi) is 4.67. The second kappa shape index (κ2) is 6.25. The molecule has 18 heavy (non-hydrogen) atoms. The van der Waals surface area contributed by atoms with E-state index < -0.39 is 0 Å². The van der Waals surface area contributed by atoms with Crippen molar-refractivity contribution in [3.63, 3.8) is 0 Å². The summed E-state index contributed by atoms with van der Waals surface area (Å²) in [7, 11) is 4.03. The summed E-state index contributed by atoms with van der Waals surface area (Å²) in [6.07, 6.45) is 2.12. The van der Waals surface area contributed by atoms with Crippen molar-refractivity contribution in [1.82, 2.24) is 0 Å². The van der Waals surface area contributed by atoms with Gasteiger partial charge in [-0.2, -0.15) is 12.6 Å². The van der Waals surface area contributed by atoms with E-state index in [4.69, 9.17) is 0 Å². The second-order valence-electron chi connectivity index (χ2n) is 4.46. The number of hydrogen-bond acceptors (Lipinski definition) is 1. The van der Waals surface area contributed by atoms with Gasteiger partial charge in [0, 0.05) is 15.3 Å². The lowest BCUT2D eigenvalue weighted by Gasteiger charge is -2.31. The lowest BCUT2D eigenvalue weighted by Crippen LogP contribution is -2.28. The van der Waals surface area contributed by atoms with Crippen LogP contribution in [0, 0.1) is 0 Å². The van der Waals surface area contributed by atoms with Crippen molar-refractivity contribution in [2.75, 3.05) is 5.75 Å². The first-order valence-corrected chi connectivity index (χ1v) is 7.37. The smallest absolute Gasteiger partial charge is 0.0444 e. The van der Waals surface area contributed by atoms with Gasteiger partial charge in [-0.15, -0.1) is 0 Å². The van der Waals surface area contributed by atoms with Crippen LogP contribution >= 0.6 is 12.6 Å². The van der Waals surface area contributed by atoms with E-state index in [0.717, 1.165) is 18.6 Å². The van der Waals surface area contributed by atoms with Gasteiger partial charge in [0.25, 0.3) is 0 Å². The highest BCUT2D eigenvalue weighted by Crippen LogP contribution is 2.33. The first-order valence-electron chi connectivity index (χ1n) is 6.24. The third-order valence-corrected chi connectivity index (χ3v) is 4.39. The Morgan fingerprint density at radius 1 is 0.833 bits per heavy atom. The molecule has 2 aromatic carbocycles. The van der Waals surface area contributed by atoms with E-state index in [1.807, 2.05) is 0 Å². The standard InChI is InChI=1S/C16H17SSi/c17-13-7-12-16(18,14-8-3-1-4-9-14)15-10-5-2-6-11-15/h1-6,8-11,17H,7,12-13H2. The van der Waals surface area contributed by atoms with Gasteiger partial charge in [-0.05, 0) is 29.7 Å². The van der Waals surface area contributed by atoms with Crippen LogP contribution in [0.1, 0.15) is 24.0 Å². The molecule has 2 rings (SSSR count). The molecule has 0 atom stereocenters. The Balaban J connectivity index is 2.41. The molecule has 0 heterocycles. The van der Waals surface area contributed by atoms with E-state index in [0.29, 0.717) is 0 Å². The third-order valence-electron chi connectivity index (χ3n) is 3.24. The van der Waals surface area contributed by atoms with Crippen molar-refractivity contribution in [1.29, 1.82) is 0 Å². The summed E-state index contributed by atoms with van der Waals surface area (Å²) in [6, 6.07) is 21.2. The predicted molar refractivity (Wildman–Crippen MR) is 82.5 cm³/mol.